The van der Waals surface area contributed by atoms with Gasteiger partial charge in [-0.15, -0.1) is 0 Å². The van der Waals surface area contributed by atoms with Gasteiger partial charge in [-0.1, -0.05) is 0 Å². The summed E-state index contributed by atoms with van der Waals surface area (Å²) in [4.78, 5) is 24.4. The molecule has 3 N–H and O–H groups in total. The molecule has 6 heteroatoms. The third-order valence-corrected chi connectivity index (χ3v) is 4.05. The molecule has 0 aromatic heterocycles. The highest BCUT2D eigenvalue weighted by atomic mass is 19.1. The maximum Gasteiger partial charge on any atom is 0.282 e. The van der Waals surface area contributed by atoms with Crippen LogP contribution in [0.5, 0.6) is 0 Å². The van der Waals surface area contributed by atoms with Crippen molar-refractivity contribution in [2.24, 2.45) is 5.73 Å². The SMILES string of the molecule is NC(=O)CC1(O)CCCN(C(=O)C(F)=C2CCCC2)C1. The van der Waals surface area contributed by atoms with E-state index in [4.69, 9.17) is 5.73 Å². The molecule has 0 spiro atoms. The number of amides is 2. The van der Waals surface area contributed by atoms with Crippen molar-refractivity contribution in [3.63, 3.8) is 0 Å². The number of hydrogen-bond donors (Lipinski definition) is 2. The molecule has 1 unspecified atom stereocenters. The first-order valence-electron chi connectivity index (χ1n) is 7.09. The zero-order chi connectivity index (χ0) is 14.8. The van der Waals surface area contributed by atoms with E-state index in [1.165, 1.54) is 4.90 Å². The molecule has 112 valence electrons. The van der Waals surface area contributed by atoms with Crippen molar-refractivity contribution < 1.29 is 19.1 Å². The topological polar surface area (TPSA) is 83.6 Å². The molecule has 0 bridgehead atoms. The highest BCUT2D eigenvalue weighted by Crippen LogP contribution is 2.30. The van der Waals surface area contributed by atoms with E-state index in [2.05, 4.69) is 0 Å². The van der Waals surface area contributed by atoms with Gasteiger partial charge in [-0.25, -0.2) is 4.39 Å². The molecule has 2 fully saturated rings. The Labute approximate surface area is 117 Å². The minimum atomic E-state index is -1.32. The molecule has 1 atom stereocenters. The highest BCUT2D eigenvalue weighted by Gasteiger charge is 2.37. The number of hydrogen-bond acceptors (Lipinski definition) is 3. The van der Waals surface area contributed by atoms with Crippen LogP contribution >= 0.6 is 0 Å². The number of allylic oxidation sites excluding steroid dienone is 1. The van der Waals surface area contributed by atoms with Gasteiger partial charge >= 0.3 is 0 Å². The summed E-state index contributed by atoms with van der Waals surface area (Å²) < 4.78 is 14.1. The number of carbonyl (C=O) groups is 2. The van der Waals surface area contributed by atoms with Crippen LogP contribution in [-0.2, 0) is 9.59 Å². The Kier molecular flexibility index (Phi) is 4.42. The third-order valence-electron chi connectivity index (χ3n) is 4.05. The van der Waals surface area contributed by atoms with E-state index in [1.54, 1.807) is 0 Å². The Bertz CT molecular complexity index is 442. The zero-order valence-corrected chi connectivity index (χ0v) is 11.5. The Balaban J connectivity index is 2.06. The Morgan fingerprint density at radius 2 is 1.95 bits per heavy atom. The zero-order valence-electron chi connectivity index (χ0n) is 11.5. The number of piperidine rings is 1. The first-order chi connectivity index (χ1) is 9.41. The van der Waals surface area contributed by atoms with Crippen LogP contribution in [0.1, 0.15) is 44.9 Å². The maximum atomic E-state index is 14.1. The third kappa shape index (κ3) is 3.36. The van der Waals surface area contributed by atoms with Crippen molar-refractivity contribution in [3.8, 4) is 0 Å². The normalized spacial score (nSPS) is 26.7. The number of carbonyl (C=O) groups excluding carboxylic acids is 2. The molecule has 0 aromatic rings. The number of nitrogens with two attached hydrogens (primary N) is 1. The van der Waals surface area contributed by atoms with Crippen LogP contribution in [0, 0.1) is 0 Å². The number of rotatable bonds is 3. The van der Waals surface area contributed by atoms with Crippen LogP contribution in [-0.4, -0.2) is 40.5 Å². The number of primary amides is 1. The monoisotopic (exact) mass is 284 g/mol. The van der Waals surface area contributed by atoms with E-state index >= 15 is 0 Å². The van der Waals surface area contributed by atoms with Gasteiger partial charge in [-0.2, -0.15) is 0 Å². The van der Waals surface area contributed by atoms with Gasteiger partial charge in [0.15, 0.2) is 5.83 Å². The predicted molar refractivity (Wildman–Crippen MR) is 71.2 cm³/mol. The summed E-state index contributed by atoms with van der Waals surface area (Å²) in [5, 5.41) is 10.3. The van der Waals surface area contributed by atoms with E-state index in [1.807, 2.05) is 0 Å². The van der Waals surface area contributed by atoms with Gasteiger partial charge in [0.05, 0.1) is 18.6 Å². The molecular weight excluding hydrogens is 263 g/mol. The van der Waals surface area contributed by atoms with Crippen LogP contribution in [0.3, 0.4) is 0 Å². The molecule has 0 radical (unpaired) electrons. The van der Waals surface area contributed by atoms with Gasteiger partial charge < -0.3 is 15.7 Å². The molecule has 2 amide bonds. The number of halogens is 1. The average molecular weight is 284 g/mol. The van der Waals surface area contributed by atoms with Crippen molar-refractivity contribution in [1.29, 1.82) is 0 Å². The van der Waals surface area contributed by atoms with Crippen molar-refractivity contribution in [1.82, 2.24) is 4.90 Å². The smallest absolute Gasteiger partial charge is 0.282 e. The molecule has 1 saturated carbocycles. The molecule has 1 saturated heterocycles. The lowest BCUT2D eigenvalue weighted by atomic mass is 9.89. The van der Waals surface area contributed by atoms with Gasteiger partial charge in [0, 0.05) is 6.54 Å². The average Bonchev–Trinajstić information content (AvgIpc) is 2.89. The second-order valence-corrected chi connectivity index (χ2v) is 5.82. The molecular formula is C14H21FN2O3. The molecule has 20 heavy (non-hydrogen) atoms. The molecule has 1 aliphatic heterocycles. The summed E-state index contributed by atoms with van der Waals surface area (Å²) >= 11 is 0. The number of aliphatic hydroxyl groups is 1. The van der Waals surface area contributed by atoms with Gasteiger partial charge in [-0.3, -0.25) is 9.59 Å². The Morgan fingerprint density at radius 3 is 2.55 bits per heavy atom. The molecule has 2 aliphatic rings. The largest absolute Gasteiger partial charge is 0.388 e. The summed E-state index contributed by atoms with van der Waals surface area (Å²) in [6.45, 7) is 0.371. The van der Waals surface area contributed by atoms with E-state index in [9.17, 15) is 19.1 Å². The standard InChI is InChI=1S/C14H21FN2O3/c15-12(10-4-1-2-5-10)13(19)17-7-3-6-14(20,9-17)8-11(16)18/h20H,1-9H2,(H2,16,18). The number of β-amino-alcohol motifs (C(OH)–C–C–N with tert-alkyl or cyclic N) is 1. The maximum absolute atomic E-state index is 14.1. The molecule has 0 aromatic carbocycles. The lowest BCUT2D eigenvalue weighted by Crippen LogP contribution is -2.52. The summed E-state index contributed by atoms with van der Waals surface area (Å²) in [5.41, 5.74) is 4.37. The van der Waals surface area contributed by atoms with Crippen molar-refractivity contribution in [3.05, 3.63) is 11.4 Å². The fourth-order valence-corrected chi connectivity index (χ4v) is 3.07. The minimum Gasteiger partial charge on any atom is -0.388 e. The van der Waals surface area contributed by atoms with Crippen LogP contribution in [0.15, 0.2) is 11.4 Å². The summed E-state index contributed by atoms with van der Waals surface area (Å²) in [7, 11) is 0. The van der Waals surface area contributed by atoms with Crippen LogP contribution in [0.2, 0.25) is 0 Å². The van der Waals surface area contributed by atoms with Crippen molar-refractivity contribution in [2.45, 2.75) is 50.5 Å². The lowest BCUT2D eigenvalue weighted by Gasteiger charge is -2.38. The fourth-order valence-electron chi connectivity index (χ4n) is 3.07. The second kappa shape index (κ2) is 5.91. The number of likely N-dealkylation sites (tertiary alicyclic amines) is 1. The van der Waals surface area contributed by atoms with Crippen molar-refractivity contribution in [2.75, 3.05) is 13.1 Å². The fraction of sp³-hybridized carbons (Fsp3) is 0.714. The van der Waals surface area contributed by atoms with Gasteiger partial charge in [-0.05, 0) is 44.1 Å². The van der Waals surface area contributed by atoms with E-state index in [-0.39, 0.29) is 13.0 Å². The Hall–Kier alpha value is -1.43. The summed E-state index contributed by atoms with van der Waals surface area (Å²) in [6.07, 6.45) is 3.85. The first kappa shape index (κ1) is 15.0. The van der Waals surface area contributed by atoms with Crippen LogP contribution in [0.25, 0.3) is 0 Å². The first-order valence-corrected chi connectivity index (χ1v) is 7.09. The predicted octanol–water partition coefficient (Wildman–Crippen LogP) is 1.01. The highest BCUT2D eigenvalue weighted by molar-refractivity contribution is 5.92. The quantitative estimate of drug-likeness (QED) is 0.759. The van der Waals surface area contributed by atoms with Gasteiger partial charge in [0.1, 0.15) is 0 Å². The van der Waals surface area contributed by atoms with Crippen LogP contribution < -0.4 is 5.73 Å². The number of nitrogens with zero attached hydrogens (tertiary/aromatic N) is 1. The molecule has 5 nitrogen and oxygen atoms in total. The van der Waals surface area contributed by atoms with E-state index in [0.29, 0.717) is 37.8 Å². The Morgan fingerprint density at radius 1 is 1.30 bits per heavy atom. The molecule has 2 rings (SSSR count). The summed E-state index contributed by atoms with van der Waals surface area (Å²) in [5.74, 6) is -1.95. The molecule has 1 heterocycles. The van der Waals surface area contributed by atoms with E-state index in [0.717, 1.165) is 12.8 Å². The van der Waals surface area contributed by atoms with Crippen LogP contribution in [0.4, 0.5) is 4.39 Å². The second-order valence-electron chi connectivity index (χ2n) is 5.82. The lowest BCUT2D eigenvalue weighted by molar-refractivity contribution is -0.139. The van der Waals surface area contributed by atoms with E-state index < -0.39 is 23.2 Å². The molecule has 1 aliphatic carbocycles. The van der Waals surface area contributed by atoms with Crippen molar-refractivity contribution >= 4 is 11.8 Å². The minimum absolute atomic E-state index is 0.0323. The summed E-state index contributed by atoms with van der Waals surface area (Å²) in [6, 6.07) is 0. The van der Waals surface area contributed by atoms with Gasteiger partial charge in [0.25, 0.3) is 5.91 Å². The van der Waals surface area contributed by atoms with Gasteiger partial charge in [0.2, 0.25) is 5.91 Å².